The lowest BCUT2D eigenvalue weighted by molar-refractivity contribution is 0.0727. The van der Waals surface area contributed by atoms with Gasteiger partial charge in [-0.15, -0.1) is 0 Å². The summed E-state index contributed by atoms with van der Waals surface area (Å²) in [6.07, 6.45) is 1.76. The molecule has 1 aliphatic heterocycles. The first-order chi connectivity index (χ1) is 10.1. The zero-order valence-corrected chi connectivity index (χ0v) is 13.1. The maximum atomic E-state index is 12.5. The van der Waals surface area contributed by atoms with Gasteiger partial charge in [0.15, 0.2) is 5.13 Å². The van der Waals surface area contributed by atoms with Gasteiger partial charge in [-0.05, 0) is 12.8 Å². The molecule has 1 aliphatic rings. The highest BCUT2D eigenvalue weighted by Gasteiger charge is 2.26. The Morgan fingerprint density at radius 1 is 1.57 bits per heavy atom. The molecule has 0 bridgehead atoms. The lowest BCUT2D eigenvalue weighted by Gasteiger charge is -2.20. The predicted octanol–water partition coefficient (Wildman–Crippen LogP) is 0.107. The molecule has 8 heteroatoms. The summed E-state index contributed by atoms with van der Waals surface area (Å²) in [4.78, 5) is 20.9. The number of hydrogen-bond donors (Lipinski definition) is 3. The van der Waals surface area contributed by atoms with Crippen LogP contribution in [0.2, 0.25) is 0 Å². The Bertz CT molecular complexity index is 487. The van der Waals surface area contributed by atoms with Crippen molar-refractivity contribution < 1.29 is 9.90 Å². The van der Waals surface area contributed by atoms with Crippen LogP contribution >= 0.6 is 11.3 Å². The molecule has 5 N–H and O–H groups in total. The molecule has 0 aliphatic carbocycles. The van der Waals surface area contributed by atoms with Crippen LogP contribution in [-0.2, 0) is 0 Å². The van der Waals surface area contributed by atoms with Crippen LogP contribution in [-0.4, -0.2) is 59.7 Å². The van der Waals surface area contributed by atoms with E-state index in [2.05, 4.69) is 9.88 Å². The van der Waals surface area contributed by atoms with Crippen molar-refractivity contribution in [3.05, 3.63) is 4.88 Å². The number of carbonyl (C=O) groups is 1. The second-order valence-electron chi connectivity index (χ2n) is 5.22. The summed E-state index contributed by atoms with van der Waals surface area (Å²) in [5.74, 6) is 0.107. The van der Waals surface area contributed by atoms with Crippen LogP contribution in [0.15, 0.2) is 0 Å². The number of nitrogen functional groups attached to an aromatic ring is 1. The van der Waals surface area contributed by atoms with Gasteiger partial charge < -0.3 is 26.4 Å². The summed E-state index contributed by atoms with van der Waals surface area (Å²) in [6, 6.07) is 0.153. The van der Waals surface area contributed by atoms with E-state index in [0.29, 0.717) is 18.0 Å². The average molecular weight is 313 g/mol. The molecule has 2 rings (SSSR count). The summed E-state index contributed by atoms with van der Waals surface area (Å²) in [7, 11) is 0. The van der Waals surface area contributed by atoms with Crippen molar-refractivity contribution in [2.75, 3.05) is 43.4 Å². The Balaban J connectivity index is 2.15. The van der Waals surface area contributed by atoms with Crippen LogP contribution in [0.3, 0.4) is 0 Å². The van der Waals surface area contributed by atoms with Crippen molar-refractivity contribution in [2.24, 2.45) is 5.73 Å². The monoisotopic (exact) mass is 313 g/mol. The van der Waals surface area contributed by atoms with Crippen LogP contribution in [0.4, 0.5) is 10.9 Å². The number of aromatic nitrogens is 1. The number of nitrogens with two attached hydrogens (primary N) is 2. The van der Waals surface area contributed by atoms with E-state index in [4.69, 9.17) is 16.6 Å². The molecule has 1 unspecified atom stereocenters. The zero-order chi connectivity index (χ0) is 15.4. The average Bonchev–Trinajstić information content (AvgIpc) is 3.04. The van der Waals surface area contributed by atoms with Gasteiger partial charge in [0.2, 0.25) is 0 Å². The fourth-order valence-electron chi connectivity index (χ4n) is 2.42. The molecule has 1 amide bonds. The van der Waals surface area contributed by atoms with E-state index in [1.165, 1.54) is 11.3 Å². The topological polar surface area (TPSA) is 109 Å². The molecule has 1 aromatic rings. The van der Waals surface area contributed by atoms with Gasteiger partial charge in [0, 0.05) is 32.2 Å². The third-order valence-electron chi connectivity index (χ3n) is 3.48. The standard InChI is InChI=1S/C13H23N5O2S/c1-2-4-17(6-7-19)12(20)10-11(15)16-13(21-10)18-5-3-9(14)8-18/h9,19H,2-8,14-15H2,1H3. The highest BCUT2D eigenvalue weighted by molar-refractivity contribution is 7.18. The van der Waals surface area contributed by atoms with E-state index >= 15 is 0 Å². The second kappa shape index (κ2) is 7.06. The van der Waals surface area contributed by atoms with Gasteiger partial charge in [0.1, 0.15) is 10.7 Å². The summed E-state index contributed by atoms with van der Waals surface area (Å²) in [5.41, 5.74) is 11.8. The van der Waals surface area contributed by atoms with Crippen LogP contribution in [0.25, 0.3) is 0 Å². The van der Waals surface area contributed by atoms with Gasteiger partial charge in [-0.2, -0.15) is 0 Å². The summed E-state index contributed by atoms with van der Waals surface area (Å²) >= 11 is 1.31. The number of thiazole rings is 1. The van der Waals surface area contributed by atoms with Crippen LogP contribution in [0.1, 0.15) is 29.4 Å². The zero-order valence-electron chi connectivity index (χ0n) is 12.3. The van der Waals surface area contributed by atoms with Crippen molar-refractivity contribution >= 4 is 28.2 Å². The minimum atomic E-state index is -0.157. The minimum Gasteiger partial charge on any atom is -0.395 e. The number of hydrogen-bond acceptors (Lipinski definition) is 7. The molecule has 1 fully saturated rings. The first-order valence-electron chi connectivity index (χ1n) is 7.23. The van der Waals surface area contributed by atoms with Gasteiger partial charge in [-0.1, -0.05) is 18.3 Å². The second-order valence-corrected chi connectivity index (χ2v) is 6.20. The molecule has 0 spiro atoms. The third kappa shape index (κ3) is 3.63. The molecule has 0 radical (unpaired) electrons. The fraction of sp³-hybridized carbons (Fsp3) is 0.692. The van der Waals surface area contributed by atoms with E-state index in [0.717, 1.165) is 31.1 Å². The quantitative estimate of drug-likeness (QED) is 0.688. The SMILES string of the molecule is CCCN(CCO)C(=O)c1sc(N2CCC(N)C2)nc1N. The van der Waals surface area contributed by atoms with Crippen molar-refractivity contribution in [1.82, 2.24) is 9.88 Å². The first-order valence-corrected chi connectivity index (χ1v) is 8.05. The Labute approximate surface area is 128 Å². The highest BCUT2D eigenvalue weighted by Crippen LogP contribution is 2.31. The molecule has 7 nitrogen and oxygen atoms in total. The van der Waals surface area contributed by atoms with Gasteiger partial charge in [0.05, 0.1) is 6.61 Å². The number of aliphatic hydroxyl groups is 1. The Kier molecular flexibility index (Phi) is 5.38. The van der Waals surface area contributed by atoms with Crippen LogP contribution in [0, 0.1) is 0 Å². The van der Waals surface area contributed by atoms with E-state index in [9.17, 15) is 4.79 Å². The van der Waals surface area contributed by atoms with Gasteiger partial charge in [-0.3, -0.25) is 4.79 Å². The van der Waals surface area contributed by atoms with E-state index in [-0.39, 0.29) is 24.4 Å². The number of carbonyl (C=O) groups excluding carboxylic acids is 1. The molecule has 0 saturated carbocycles. The molecular weight excluding hydrogens is 290 g/mol. The summed E-state index contributed by atoms with van der Waals surface area (Å²) in [6.45, 7) is 4.44. The maximum Gasteiger partial charge on any atom is 0.267 e. The minimum absolute atomic E-state index is 0.0573. The number of amides is 1. The molecule has 1 atom stereocenters. The molecule has 1 aromatic heterocycles. The van der Waals surface area contributed by atoms with Crippen molar-refractivity contribution in [1.29, 1.82) is 0 Å². The normalized spacial score (nSPS) is 18.2. The number of nitrogens with zero attached hydrogens (tertiary/aromatic N) is 3. The Morgan fingerprint density at radius 2 is 2.33 bits per heavy atom. The lowest BCUT2D eigenvalue weighted by Crippen LogP contribution is -2.34. The molecular formula is C13H23N5O2S. The first kappa shape index (κ1) is 16.0. The lowest BCUT2D eigenvalue weighted by atomic mass is 10.3. The third-order valence-corrected chi connectivity index (χ3v) is 4.60. The largest absolute Gasteiger partial charge is 0.395 e. The molecule has 2 heterocycles. The Hall–Kier alpha value is -1.38. The Morgan fingerprint density at radius 3 is 2.90 bits per heavy atom. The van der Waals surface area contributed by atoms with Gasteiger partial charge in [-0.25, -0.2) is 4.98 Å². The number of aliphatic hydroxyl groups excluding tert-OH is 1. The van der Waals surface area contributed by atoms with Gasteiger partial charge in [0.25, 0.3) is 5.91 Å². The number of anilines is 2. The van der Waals surface area contributed by atoms with Crippen molar-refractivity contribution in [2.45, 2.75) is 25.8 Å². The molecule has 118 valence electrons. The summed E-state index contributed by atoms with van der Waals surface area (Å²) < 4.78 is 0. The maximum absolute atomic E-state index is 12.5. The van der Waals surface area contributed by atoms with Crippen molar-refractivity contribution in [3.8, 4) is 0 Å². The predicted molar refractivity (Wildman–Crippen MR) is 84.6 cm³/mol. The highest BCUT2D eigenvalue weighted by atomic mass is 32.1. The smallest absolute Gasteiger partial charge is 0.267 e. The van der Waals surface area contributed by atoms with E-state index in [1.54, 1.807) is 4.90 Å². The fourth-order valence-corrected chi connectivity index (χ4v) is 3.41. The number of rotatable bonds is 6. The van der Waals surface area contributed by atoms with Crippen LogP contribution in [0.5, 0.6) is 0 Å². The molecule has 1 saturated heterocycles. The summed E-state index contributed by atoms with van der Waals surface area (Å²) in [5, 5.41) is 9.83. The van der Waals surface area contributed by atoms with Crippen molar-refractivity contribution in [3.63, 3.8) is 0 Å². The molecule has 21 heavy (non-hydrogen) atoms. The molecule has 0 aromatic carbocycles. The van der Waals surface area contributed by atoms with Crippen LogP contribution < -0.4 is 16.4 Å². The van der Waals surface area contributed by atoms with E-state index < -0.39 is 0 Å². The van der Waals surface area contributed by atoms with Gasteiger partial charge >= 0.3 is 0 Å². The van der Waals surface area contributed by atoms with E-state index in [1.807, 2.05) is 6.92 Å².